The molecule has 9 nitrogen and oxygen atoms in total. The van der Waals surface area contributed by atoms with Crippen LogP contribution in [0.1, 0.15) is 0 Å². The van der Waals surface area contributed by atoms with Crippen LogP contribution >= 0.6 is 0 Å². The van der Waals surface area contributed by atoms with E-state index >= 15 is 0 Å². The second kappa shape index (κ2) is 8.61. The number of nitrogens with zero attached hydrogens (tertiary/aromatic N) is 5. The average molecular weight is 403 g/mol. The predicted octanol–water partition coefficient (Wildman–Crippen LogP) is 0.830. The molecule has 0 atom stereocenters. The van der Waals surface area contributed by atoms with Crippen molar-refractivity contribution < 1.29 is 18.6 Å². The first kappa shape index (κ1) is 21.7. The number of sulfonamides is 1. The molecule has 0 aliphatic carbocycles. The Labute approximate surface area is 180 Å². The summed E-state index contributed by atoms with van der Waals surface area (Å²) in [5, 5.41) is 25.2. The molecule has 0 spiro atoms. The molecule has 1 saturated heterocycles. The summed E-state index contributed by atoms with van der Waals surface area (Å²) >= 11 is 0. The topological polar surface area (TPSA) is 103 Å². The average Bonchev–Trinajstić information content (AvgIpc) is 2.66. The van der Waals surface area contributed by atoms with Gasteiger partial charge in [-0.25, -0.2) is 8.42 Å². The Balaban J connectivity index is 0.00000261. The van der Waals surface area contributed by atoms with Crippen LogP contribution in [0.5, 0.6) is 0 Å². The van der Waals surface area contributed by atoms with Gasteiger partial charge in [-0.3, -0.25) is 0 Å². The Bertz CT molecular complexity index is 943. The molecule has 11 heteroatoms. The number of benzene rings is 2. The third-order valence-corrected chi connectivity index (χ3v) is 6.45. The summed E-state index contributed by atoms with van der Waals surface area (Å²) in [4.78, 5) is 2.27. The van der Waals surface area contributed by atoms with Gasteiger partial charge in [-0.15, -0.1) is 5.01 Å². The van der Waals surface area contributed by atoms with Crippen LogP contribution in [0.15, 0.2) is 46.6 Å². The Hall–Kier alpha value is -1.59. The number of piperazine rings is 1. The number of fused-ring (bicyclic) bond motifs is 1. The quantitative estimate of drug-likeness (QED) is 0.351. The molecule has 27 heavy (non-hydrogen) atoms. The van der Waals surface area contributed by atoms with Crippen molar-refractivity contribution in [1.29, 1.82) is 0 Å². The molecule has 0 saturated carbocycles. The zero-order valence-electron chi connectivity index (χ0n) is 14.6. The number of rotatable bonds is 4. The molecule has 0 aromatic heterocycles. The van der Waals surface area contributed by atoms with E-state index in [1.54, 1.807) is 18.2 Å². The maximum atomic E-state index is 13.2. The summed E-state index contributed by atoms with van der Waals surface area (Å²) in [5.74, 6) is 0. The van der Waals surface area contributed by atoms with Crippen molar-refractivity contribution in [2.75, 3.05) is 45.2 Å². The molecule has 0 unspecified atom stereocenters. The van der Waals surface area contributed by atoms with Crippen molar-refractivity contribution in [1.82, 2.24) is 9.31 Å². The first-order valence-corrected chi connectivity index (χ1v) is 9.56. The van der Waals surface area contributed by atoms with E-state index in [0.29, 0.717) is 5.39 Å². The van der Waals surface area contributed by atoms with Gasteiger partial charge in [-0.05, 0) is 12.1 Å². The number of hydrazine groups is 1. The summed E-state index contributed by atoms with van der Waals surface area (Å²) in [7, 11) is 0.113. The monoisotopic (exact) mass is 403 g/mol. The van der Waals surface area contributed by atoms with Crippen LogP contribution in [0.25, 0.3) is 10.8 Å². The van der Waals surface area contributed by atoms with Gasteiger partial charge < -0.3 is 15.3 Å². The number of anilines is 1. The van der Waals surface area contributed by atoms with Gasteiger partial charge >= 0.3 is 29.6 Å². The molecule has 1 fully saturated rings. The molecule has 0 bridgehead atoms. The van der Waals surface area contributed by atoms with Gasteiger partial charge in [0.25, 0.3) is 0 Å². The minimum atomic E-state index is -3.71. The van der Waals surface area contributed by atoms with Gasteiger partial charge in [0.05, 0.1) is 23.0 Å². The van der Waals surface area contributed by atoms with Crippen molar-refractivity contribution in [2.45, 2.75) is 4.90 Å². The van der Waals surface area contributed by atoms with Crippen LogP contribution in [0.3, 0.4) is 0 Å². The van der Waals surface area contributed by atoms with Gasteiger partial charge in [-0.1, -0.05) is 24.3 Å². The van der Waals surface area contributed by atoms with E-state index < -0.39 is 10.0 Å². The minimum absolute atomic E-state index is 0. The molecule has 1 aliphatic rings. The van der Waals surface area contributed by atoms with Crippen molar-refractivity contribution in [3.05, 3.63) is 41.6 Å². The van der Waals surface area contributed by atoms with E-state index in [0.717, 1.165) is 11.1 Å². The normalized spacial score (nSPS) is 16.2. The van der Waals surface area contributed by atoms with Gasteiger partial charge in [0.1, 0.15) is 0 Å². The van der Waals surface area contributed by atoms with Gasteiger partial charge in [0, 0.05) is 43.6 Å². The van der Waals surface area contributed by atoms with Crippen molar-refractivity contribution >= 4 is 56.0 Å². The van der Waals surface area contributed by atoms with Gasteiger partial charge in [0.2, 0.25) is 15.3 Å². The second-order valence-corrected chi connectivity index (χ2v) is 8.13. The van der Waals surface area contributed by atoms with Gasteiger partial charge in [0.15, 0.2) is 0 Å². The van der Waals surface area contributed by atoms with Crippen LogP contribution in [-0.4, -0.2) is 97.7 Å². The molecule has 1 aliphatic heterocycles. The van der Waals surface area contributed by atoms with Crippen molar-refractivity contribution in [3.8, 4) is 0 Å². The van der Waals surface area contributed by atoms with E-state index in [-0.39, 0.29) is 65.6 Å². The first-order valence-electron chi connectivity index (χ1n) is 8.12. The van der Waals surface area contributed by atoms with Crippen LogP contribution in [0.4, 0.5) is 5.69 Å². The van der Waals surface area contributed by atoms with Gasteiger partial charge in [-0.2, -0.15) is 4.31 Å². The van der Waals surface area contributed by atoms with E-state index in [1.165, 1.54) is 9.31 Å². The SMILES string of the molecule is CN(C)c1cccc2c(S(=O)(=O)N3CCN([N+]([O-])=NO)CC3)cccc12.[NaH]. The second-order valence-electron chi connectivity index (χ2n) is 6.22. The zero-order valence-corrected chi connectivity index (χ0v) is 15.4. The zero-order chi connectivity index (χ0) is 18.9. The summed E-state index contributed by atoms with van der Waals surface area (Å²) in [5.41, 5.74) is 0.941. The fraction of sp³-hybridized carbons (Fsp3) is 0.375. The molecule has 0 radical (unpaired) electrons. The molecule has 2 aromatic carbocycles. The maximum absolute atomic E-state index is 13.2. The van der Waals surface area contributed by atoms with E-state index in [9.17, 15) is 13.6 Å². The standard InChI is InChI=1S/C16H21N5O4S.Na.H/c1-18(2)15-7-3-6-14-13(15)5-4-8-16(14)26(24,25)20-11-9-19(10-12-20)21(23)17-22;;/h3-8,22H,9-12H2,1-2H3;;. The first-order chi connectivity index (χ1) is 12.4. The number of hydrogen-bond donors (Lipinski definition) is 1. The summed E-state index contributed by atoms with van der Waals surface area (Å²) < 4.78 is 27.7. The van der Waals surface area contributed by atoms with E-state index in [1.807, 2.05) is 37.2 Å². The van der Waals surface area contributed by atoms with Crippen LogP contribution < -0.4 is 4.90 Å². The van der Waals surface area contributed by atoms with Crippen molar-refractivity contribution in [2.24, 2.45) is 5.28 Å². The predicted molar refractivity (Wildman–Crippen MR) is 104 cm³/mol. The molecule has 0 amide bonds. The van der Waals surface area contributed by atoms with Crippen LogP contribution in [0.2, 0.25) is 0 Å². The molecule has 1 heterocycles. The van der Waals surface area contributed by atoms with E-state index in [4.69, 9.17) is 5.21 Å². The summed E-state index contributed by atoms with van der Waals surface area (Å²) in [6.45, 7) is 0.585. The molecular formula is C16H22N5NaO4S. The van der Waals surface area contributed by atoms with Crippen LogP contribution in [0, 0.1) is 5.21 Å². The van der Waals surface area contributed by atoms with E-state index in [2.05, 4.69) is 5.28 Å². The molecule has 3 rings (SSSR count). The molecule has 142 valence electrons. The third-order valence-electron chi connectivity index (χ3n) is 4.49. The van der Waals surface area contributed by atoms with Crippen LogP contribution in [-0.2, 0) is 10.0 Å². The summed E-state index contributed by atoms with van der Waals surface area (Å²) in [6, 6.07) is 10.8. The fourth-order valence-electron chi connectivity index (χ4n) is 3.16. The Morgan fingerprint density at radius 3 is 2.26 bits per heavy atom. The molecular weight excluding hydrogens is 381 g/mol. The molecule has 1 N–H and O–H groups in total. The Morgan fingerprint density at radius 1 is 1.07 bits per heavy atom. The Kier molecular flexibility index (Phi) is 6.92. The third kappa shape index (κ3) is 4.14. The fourth-order valence-corrected chi connectivity index (χ4v) is 4.79. The number of hydrogen-bond acceptors (Lipinski definition) is 5. The Morgan fingerprint density at radius 2 is 1.67 bits per heavy atom. The van der Waals surface area contributed by atoms with Crippen molar-refractivity contribution in [3.63, 3.8) is 0 Å². The molecule has 2 aromatic rings. The summed E-state index contributed by atoms with van der Waals surface area (Å²) in [6.07, 6.45) is 0.